The zero-order chi connectivity index (χ0) is 19.6. The summed E-state index contributed by atoms with van der Waals surface area (Å²) in [5.74, 6) is 0.0145. The highest BCUT2D eigenvalue weighted by Crippen LogP contribution is 2.32. The van der Waals surface area contributed by atoms with E-state index in [1.165, 1.54) is 11.3 Å². The number of carbonyl (C=O) groups is 1. The van der Waals surface area contributed by atoms with Gasteiger partial charge in [-0.05, 0) is 43.3 Å². The van der Waals surface area contributed by atoms with Crippen LogP contribution >= 0.6 is 57.7 Å². The van der Waals surface area contributed by atoms with Crippen LogP contribution in [0.2, 0.25) is 20.1 Å². The van der Waals surface area contributed by atoms with Gasteiger partial charge in [0, 0.05) is 21.0 Å². The summed E-state index contributed by atoms with van der Waals surface area (Å²) in [6, 6.07) is 9.94. The molecule has 0 saturated heterocycles. The van der Waals surface area contributed by atoms with Crippen LogP contribution in [0.4, 0.5) is 5.13 Å². The van der Waals surface area contributed by atoms with Crippen LogP contribution in [0.3, 0.4) is 0 Å². The molecule has 1 heterocycles. The zero-order valence-corrected chi connectivity index (χ0v) is 17.6. The molecule has 0 aliphatic carbocycles. The lowest BCUT2D eigenvalue weighted by atomic mass is 10.2. The monoisotopic (exact) mass is 460 g/mol. The Morgan fingerprint density at radius 2 is 1.74 bits per heavy atom. The molecule has 0 fully saturated rings. The summed E-state index contributed by atoms with van der Waals surface area (Å²) in [4.78, 5) is 16.8. The number of nitrogens with zero attached hydrogens (tertiary/aromatic N) is 1. The second kappa shape index (κ2) is 8.67. The molecule has 0 aliphatic heterocycles. The predicted molar refractivity (Wildman–Crippen MR) is 113 cm³/mol. The van der Waals surface area contributed by atoms with Gasteiger partial charge in [-0.3, -0.25) is 10.1 Å². The van der Waals surface area contributed by atoms with Gasteiger partial charge in [0.05, 0.1) is 15.7 Å². The third-order valence-corrected chi connectivity index (χ3v) is 5.34. The fourth-order valence-electron chi connectivity index (χ4n) is 2.17. The maximum Gasteiger partial charge on any atom is 0.266 e. The van der Waals surface area contributed by atoms with Crippen molar-refractivity contribution < 1.29 is 9.53 Å². The average molecular weight is 462 g/mol. The number of carbonyl (C=O) groups excluding carboxylic acids is 1. The molecule has 3 rings (SSSR count). The maximum absolute atomic E-state index is 12.4. The second-order valence-electron chi connectivity index (χ2n) is 5.49. The van der Waals surface area contributed by atoms with Crippen LogP contribution in [0.5, 0.6) is 5.75 Å². The molecule has 0 saturated carbocycles. The molecule has 2 aromatic carbocycles. The number of amides is 1. The highest BCUT2D eigenvalue weighted by atomic mass is 35.5. The number of aromatic nitrogens is 1. The molecule has 0 aliphatic rings. The highest BCUT2D eigenvalue weighted by molar-refractivity contribution is 7.14. The molecule has 0 bridgehead atoms. The van der Waals surface area contributed by atoms with Crippen LogP contribution in [-0.4, -0.2) is 17.0 Å². The lowest BCUT2D eigenvalue weighted by Gasteiger charge is -2.14. The van der Waals surface area contributed by atoms with Gasteiger partial charge in [-0.15, -0.1) is 11.3 Å². The molecular formula is C18H12Cl4N2O2S. The van der Waals surface area contributed by atoms with Crippen molar-refractivity contribution >= 4 is 68.8 Å². The van der Waals surface area contributed by atoms with Gasteiger partial charge in [-0.2, -0.15) is 0 Å². The fourth-order valence-corrected chi connectivity index (χ4v) is 3.85. The SMILES string of the molecule is C[C@H](Oc1ccc(Cl)cc1Cl)C(=O)Nc1nc(-c2ccc(Cl)cc2Cl)cs1. The Labute approximate surface area is 180 Å². The smallest absolute Gasteiger partial charge is 0.266 e. The van der Waals surface area contributed by atoms with Crippen LogP contribution in [0, 0.1) is 0 Å². The number of benzene rings is 2. The summed E-state index contributed by atoms with van der Waals surface area (Å²) >= 11 is 25.3. The summed E-state index contributed by atoms with van der Waals surface area (Å²) < 4.78 is 5.60. The third-order valence-electron chi connectivity index (χ3n) is 3.51. The van der Waals surface area contributed by atoms with Crippen LogP contribution in [0.15, 0.2) is 41.8 Å². The number of thiazole rings is 1. The maximum atomic E-state index is 12.4. The molecule has 1 N–H and O–H groups in total. The van der Waals surface area contributed by atoms with Crippen molar-refractivity contribution in [2.45, 2.75) is 13.0 Å². The van der Waals surface area contributed by atoms with Crippen molar-refractivity contribution in [3.8, 4) is 17.0 Å². The standard InChI is InChI=1S/C18H12Cl4N2O2S/c1-9(26-16-5-3-11(20)7-14(16)22)17(25)24-18-23-15(8-27-18)12-4-2-10(19)6-13(12)21/h2-9H,1H3,(H,23,24,25)/t9-/m0/s1. The van der Waals surface area contributed by atoms with Crippen molar-refractivity contribution in [3.05, 3.63) is 61.9 Å². The van der Waals surface area contributed by atoms with Gasteiger partial charge in [-0.25, -0.2) is 4.98 Å². The first kappa shape index (κ1) is 20.2. The van der Waals surface area contributed by atoms with Crippen molar-refractivity contribution in [1.29, 1.82) is 0 Å². The first-order valence-corrected chi connectivity index (χ1v) is 10.1. The number of halogens is 4. The van der Waals surface area contributed by atoms with Gasteiger partial charge >= 0.3 is 0 Å². The van der Waals surface area contributed by atoms with Crippen LogP contribution in [-0.2, 0) is 4.79 Å². The van der Waals surface area contributed by atoms with Gasteiger partial charge < -0.3 is 4.74 Å². The van der Waals surface area contributed by atoms with Crippen LogP contribution < -0.4 is 10.1 Å². The minimum Gasteiger partial charge on any atom is -0.479 e. The Morgan fingerprint density at radius 1 is 1.07 bits per heavy atom. The molecule has 0 radical (unpaired) electrons. The third kappa shape index (κ3) is 5.06. The van der Waals surface area contributed by atoms with E-state index in [4.69, 9.17) is 51.1 Å². The lowest BCUT2D eigenvalue weighted by molar-refractivity contribution is -0.122. The summed E-state index contributed by atoms with van der Waals surface area (Å²) in [7, 11) is 0. The topological polar surface area (TPSA) is 51.2 Å². The highest BCUT2D eigenvalue weighted by Gasteiger charge is 2.18. The van der Waals surface area contributed by atoms with Crippen LogP contribution in [0.1, 0.15) is 6.92 Å². The van der Waals surface area contributed by atoms with E-state index in [2.05, 4.69) is 10.3 Å². The second-order valence-corrected chi connectivity index (χ2v) is 8.03. The van der Waals surface area contributed by atoms with Crippen molar-refractivity contribution in [2.24, 2.45) is 0 Å². The van der Waals surface area contributed by atoms with Crippen molar-refractivity contribution in [1.82, 2.24) is 4.98 Å². The summed E-state index contributed by atoms with van der Waals surface area (Å²) in [5, 5.41) is 6.79. The lowest BCUT2D eigenvalue weighted by Crippen LogP contribution is -2.30. The molecule has 140 valence electrons. The molecule has 3 aromatic rings. The quantitative estimate of drug-likeness (QED) is 0.452. The summed E-state index contributed by atoms with van der Waals surface area (Å²) in [6.45, 7) is 1.62. The van der Waals surface area contributed by atoms with Crippen molar-refractivity contribution in [3.63, 3.8) is 0 Å². The molecule has 1 amide bonds. The minimum absolute atomic E-state index is 0.330. The zero-order valence-electron chi connectivity index (χ0n) is 13.8. The average Bonchev–Trinajstić information content (AvgIpc) is 3.05. The van der Waals surface area contributed by atoms with E-state index < -0.39 is 6.10 Å². The first-order chi connectivity index (χ1) is 12.8. The van der Waals surface area contributed by atoms with Gasteiger partial charge in [-0.1, -0.05) is 46.4 Å². The largest absolute Gasteiger partial charge is 0.479 e. The van der Waals surface area contributed by atoms with E-state index in [-0.39, 0.29) is 5.91 Å². The predicted octanol–water partition coefficient (Wildman–Crippen LogP) is 6.83. The number of anilines is 1. The molecule has 0 unspecified atom stereocenters. The van der Waals surface area contributed by atoms with Crippen molar-refractivity contribution in [2.75, 3.05) is 5.32 Å². The number of hydrogen-bond acceptors (Lipinski definition) is 4. The first-order valence-electron chi connectivity index (χ1n) is 7.67. The molecule has 0 spiro atoms. The van der Waals surface area contributed by atoms with Gasteiger partial charge in [0.2, 0.25) is 0 Å². The fraction of sp³-hybridized carbons (Fsp3) is 0.111. The van der Waals surface area contributed by atoms with E-state index in [1.807, 2.05) is 0 Å². The van der Waals surface area contributed by atoms with Gasteiger partial charge in [0.1, 0.15) is 5.75 Å². The molecule has 4 nitrogen and oxygen atoms in total. The molecule has 9 heteroatoms. The number of ether oxygens (including phenoxy) is 1. The Balaban J connectivity index is 1.68. The van der Waals surface area contributed by atoms with Gasteiger partial charge in [0.15, 0.2) is 11.2 Å². The Kier molecular flexibility index (Phi) is 6.50. The van der Waals surface area contributed by atoms with E-state index in [0.29, 0.717) is 36.7 Å². The van der Waals surface area contributed by atoms with E-state index in [1.54, 1.807) is 48.7 Å². The number of rotatable bonds is 5. The Hall–Kier alpha value is -1.50. The molecule has 1 aromatic heterocycles. The number of hydrogen-bond donors (Lipinski definition) is 1. The normalized spacial score (nSPS) is 11.9. The van der Waals surface area contributed by atoms with E-state index in [9.17, 15) is 4.79 Å². The van der Waals surface area contributed by atoms with E-state index >= 15 is 0 Å². The molecule has 27 heavy (non-hydrogen) atoms. The van der Waals surface area contributed by atoms with Crippen LogP contribution in [0.25, 0.3) is 11.3 Å². The van der Waals surface area contributed by atoms with Gasteiger partial charge in [0.25, 0.3) is 5.91 Å². The Morgan fingerprint density at radius 3 is 2.41 bits per heavy atom. The Bertz CT molecular complexity index is 993. The number of nitrogens with one attached hydrogen (secondary N) is 1. The molecule has 1 atom stereocenters. The minimum atomic E-state index is -0.782. The van der Waals surface area contributed by atoms with E-state index in [0.717, 1.165) is 5.56 Å². The molecular weight excluding hydrogens is 450 g/mol. The summed E-state index contributed by atoms with van der Waals surface area (Å²) in [5.41, 5.74) is 1.38. The summed E-state index contributed by atoms with van der Waals surface area (Å²) in [6.07, 6.45) is -0.782.